The van der Waals surface area contributed by atoms with Gasteiger partial charge in [-0.05, 0) is 72.3 Å². The highest BCUT2D eigenvalue weighted by Gasteiger charge is 2.15. The zero-order valence-electron chi connectivity index (χ0n) is 21.5. The van der Waals surface area contributed by atoms with E-state index in [1.165, 1.54) is 6.08 Å². The molecule has 0 amide bonds. The van der Waals surface area contributed by atoms with Gasteiger partial charge in [0.05, 0.1) is 4.88 Å². The average molecular weight is 572 g/mol. The predicted octanol–water partition coefficient (Wildman–Crippen LogP) is 9.26. The molecular weight excluding hydrogens is 551 g/mol. The summed E-state index contributed by atoms with van der Waals surface area (Å²) in [6.07, 6.45) is 1.19. The molecule has 0 aliphatic carbocycles. The van der Waals surface area contributed by atoms with Gasteiger partial charge in [-0.2, -0.15) is 5.26 Å². The summed E-state index contributed by atoms with van der Waals surface area (Å²) < 4.78 is 5.41. The van der Waals surface area contributed by atoms with E-state index in [4.69, 9.17) is 14.9 Å². The van der Waals surface area contributed by atoms with Gasteiger partial charge in [0.1, 0.15) is 17.3 Å². The summed E-state index contributed by atoms with van der Waals surface area (Å²) in [5.74, 6) is -0.785. The number of rotatable bonds is 8. The van der Waals surface area contributed by atoms with Gasteiger partial charge < -0.3 is 14.5 Å². The Hall–Kier alpha value is -5.23. The fourth-order valence-corrected chi connectivity index (χ4v) is 6.42. The molecule has 3 aromatic heterocycles. The number of anilines is 3. The van der Waals surface area contributed by atoms with Crippen molar-refractivity contribution in [3.63, 3.8) is 0 Å². The smallest absolute Gasteiger partial charge is 0.346 e. The molecule has 0 spiro atoms. The average Bonchev–Trinajstić information content (AvgIpc) is 3.79. The van der Waals surface area contributed by atoms with Crippen molar-refractivity contribution in [3.8, 4) is 36.9 Å². The van der Waals surface area contributed by atoms with Crippen LogP contribution < -0.4 is 4.90 Å². The number of nitriles is 1. The summed E-state index contributed by atoms with van der Waals surface area (Å²) in [6.45, 7) is 0. The maximum absolute atomic E-state index is 11.1. The van der Waals surface area contributed by atoms with Crippen LogP contribution in [0.25, 0.3) is 36.9 Å². The van der Waals surface area contributed by atoms with Gasteiger partial charge in [0.25, 0.3) is 0 Å². The van der Waals surface area contributed by atoms with E-state index < -0.39 is 11.5 Å². The molecule has 6 rings (SSSR count). The Kier molecular flexibility index (Phi) is 7.28. The molecule has 0 bridgehead atoms. The lowest BCUT2D eigenvalue weighted by Crippen LogP contribution is -2.09. The first-order valence-corrected chi connectivity index (χ1v) is 14.3. The molecule has 0 aliphatic rings. The summed E-state index contributed by atoms with van der Waals surface area (Å²) in [6, 6.07) is 40.8. The van der Waals surface area contributed by atoms with Crippen molar-refractivity contribution in [1.82, 2.24) is 5.16 Å². The van der Waals surface area contributed by atoms with Gasteiger partial charge in [-0.3, -0.25) is 0 Å². The van der Waals surface area contributed by atoms with E-state index in [0.717, 1.165) is 42.1 Å². The minimum atomic E-state index is -1.30. The summed E-state index contributed by atoms with van der Waals surface area (Å²) in [7, 11) is 0. The Morgan fingerprint density at radius 2 is 1.29 bits per heavy atom. The van der Waals surface area contributed by atoms with Crippen LogP contribution in [0.15, 0.2) is 125 Å². The minimum Gasteiger partial charge on any atom is -0.477 e. The first kappa shape index (κ1) is 26.0. The number of carboxylic acid groups (broad SMARTS) is 1. The second-order valence-corrected chi connectivity index (χ2v) is 11.1. The maximum atomic E-state index is 11.1. The molecule has 41 heavy (non-hydrogen) atoms. The van der Waals surface area contributed by atoms with Gasteiger partial charge in [0.2, 0.25) is 0 Å². The molecule has 0 saturated carbocycles. The summed E-state index contributed by atoms with van der Waals surface area (Å²) >= 11 is 3.28. The lowest BCUT2D eigenvalue weighted by atomic mass is 10.1. The van der Waals surface area contributed by atoms with Gasteiger partial charge in [-0.25, -0.2) is 4.79 Å². The molecule has 1 N–H and O–H groups in total. The molecule has 0 fully saturated rings. The lowest BCUT2D eigenvalue weighted by Gasteiger charge is -2.25. The largest absolute Gasteiger partial charge is 0.477 e. The van der Waals surface area contributed by atoms with Gasteiger partial charge in [-0.15, -0.1) is 22.7 Å². The molecule has 6 nitrogen and oxygen atoms in total. The van der Waals surface area contributed by atoms with Crippen LogP contribution in [0.1, 0.15) is 5.69 Å². The van der Waals surface area contributed by atoms with Crippen molar-refractivity contribution < 1.29 is 14.4 Å². The highest BCUT2D eigenvalue weighted by atomic mass is 32.1. The lowest BCUT2D eigenvalue weighted by molar-refractivity contribution is -0.132. The van der Waals surface area contributed by atoms with E-state index in [9.17, 15) is 4.79 Å². The number of aliphatic carboxylic acids is 1. The van der Waals surface area contributed by atoms with Crippen LogP contribution in [-0.2, 0) is 4.79 Å². The Morgan fingerprint density at radius 3 is 1.88 bits per heavy atom. The van der Waals surface area contributed by atoms with Crippen LogP contribution in [0, 0.1) is 11.3 Å². The molecule has 198 valence electrons. The molecule has 0 radical (unpaired) electrons. The number of para-hydroxylation sites is 2. The maximum Gasteiger partial charge on any atom is 0.346 e. The van der Waals surface area contributed by atoms with Crippen molar-refractivity contribution in [2.45, 2.75) is 0 Å². The van der Waals surface area contributed by atoms with Gasteiger partial charge >= 0.3 is 5.97 Å². The number of hydrogen-bond donors (Lipinski definition) is 1. The topological polar surface area (TPSA) is 90.4 Å². The van der Waals surface area contributed by atoms with Crippen molar-refractivity contribution in [3.05, 3.63) is 127 Å². The number of carboxylic acids is 1. The normalized spacial score (nSPS) is 11.2. The quantitative estimate of drug-likeness (QED) is 0.145. The third kappa shape index (κ3) is 5.58. The first-order valence-electron chi connectivity index (χ1n) is 12.6. The van der Waals surface area contributed by atoms with E-state index in [-0.39, 0.29) is 5.69 Å². The van der Waals surface area contributed by atoms with Crippen LogP contribution >= 0.6 is 22.7 Å². The van der Waals surface area contributed by atoms with Gasteiger partial charge in [-0.1, -0.05) is 53.7 Å². The van der Waals surface area contributed by atoms with Crippen molar-refractivity contribution >= 4 is 51.8 Å². The van der Waals surface area contributed by atoms with Crippen LogP contribution in [-0.4, -0.2) is 16.2 Å². The van der Waals surface area contributed by atoms with E-state index >= 15 is 0 Å². The third-order valence-electron chi connectivity index (χ3n) is 6.31. The first-order chi connectivity index (χ1) is 20.1. The summed E-state index contributed by atoms with van der Waals surface area (Å²) in [4.78, 5) is 17.6. The Labute approximate surface area is 244 Å². The van der Waals surface area contributed by atoms with Crippen LogP contribution in [0.2, 0.25) is 0 Å². The minimum absolute atomic E-state index is 0.286. The number of carbonyl (C=O) groups is 1. The fraction of sp³-hybridized carbons (Fsp3) is 0. The molecule has 8 heteroatoms. The molecule has 3 heterocycles. The van der Waals surface area contributed by atoms with E-state index in [1.54, 1.807) is 34.8 Å². The molecular formula is C33H21N3O3S2. The zero-order chi connectivity index (χ0) is 28.2. The third-order valence-corrected chi connectivity index (χ3v) is 8.74. The van der Waals surface area contributed by atoms with Crippen molar-refractivity contribution in [2.75, 3.05) is 4.90 Å². The van der Waals surface area contributed by atoms with Crippen LogP contribution in [0.3, 0.4) is 0 Å². The number of thiophene rings is 2. The van der Waals surface area contributed by atoms with E-state index in [2.05, 4.69) is 70.7 Å². The SMILES string of the molecule is N#C/C(=C/c1cc(-c2ccc(-c3ccc(-c4ccc(N(c5ccccc5)c5ccccc5)cc4)s3)s2)on1)C(=O)O. The highest BCUT2D eigenvalue weighted by molar-refractivity contribution is 7.25. The highest BCUT2D eigenvalue weighted by Crippen LogP contribution is 2.41. The standard InChI is InChI=1S/C33H21N3O3S2/c34-21-23(33(37)38)19-24-20-28(39-35-24)30-16-18-32(41-30)31-17-15-29(40-31)22-11-13-27(14-12-22)36(25-7-3-1-4-8-25)26-9-5-2-6-10-26/h1-20H,(H,37,38)/b23-19-. The Balaban J connectivity index is 1.23. The van der Waals surface area contributed by atoms with Crippen molar-refractivity contribution in [2.24, 2.45) is 0 Å². The van der Waals surface area contributed by atoms with Crippen molar-refractivity contribution in [1.29, 1.82) is 5.26 Å². The fourth-order valence-electron chi connectivity index (χ4n) is 4.37. The molecule has 0 unspecified atom stereocenters. The molecule has 0 atom stereocenters. The number of benzene rings is 3. The summed E-state index contributed by atoms with van der Waals surface area (Å²) in [5, 5.41) is 21.9. The molecule has 6 aromatic rings. The summed E-state index contributed by atoms with van der Waals surface area (Å²) in [5.41, 5.74) is 4.30. The number of nitrogens with zero attached hydrogens (tertiary/aromatic N) is 3. The second kappa shape index (κ2) is 11.5. The number of aromatic nitrogens is 1. The van der Waals surface area contributed by atoms with E-state index in [1.807, 2.05) is 48.5 Å². The zero-order valence-corrected chi connectivity index (χ0v) is 23.1. The van der Waals surface area contributed by atoms with Crippen LogP contribution in [0.5, 0.6) is 0 Å². The second-order valence-electron chi connectivity index (χ2n) is 8.97. The van der Waals surface area contributed by atoms with Crippen LogP contribution in [0.4, 0.5) is 17.1 Å². The predicted molar refractivity (Wildman–Crippen MR) is 164 cm³/mol. The Bertz CT molecular complexity index is 1840. The molecule has 3 aromatic carbocycles. The monoisotopic (exact) mass is 571 g/mol. The van der Waals surface area contributed by atoms with Gasteiger partial charge in [0, 0.05) is 37.8 Å². The molecule has 0 aliphatic heterocycles. The number of hydrogen-bond acceptors (Lipinski definition) is 7. The molecule has 0 saturated heterocycles. The van der Waals surface area contributed by atoms with Gasteiger partial charge in [0.15, 0.2) is 5.76 Å². The Morgan fingerprint density at radius 1 is 0.756 bits per heavy atom. The van der Waals surface area contributed by atoms with E-state index in [0.29, 0.717) is 5.76 Å².